The maximum absolute atomic E-state index is 13.3. The number of amides is 2. The molecule has 6 nitrogen and oxygen atoms in total. The van der Waals surface area contributed by atoms with E-state index in [0.717, 1.165) is 50.5 Å². The average Bonchev–Trinajstić information content (AvgIpc) is 2.78. The van der Waals surface area contributed by atoms with Crippen LogP contribution >= 0.6 is 0 Å². The predicted molar refractivity (Wildman–Crippen MR) is 118 cm³/mol. The molecule has 0 saturated heterocycles. The number of unbranched alkanes of at least 4 members (excludes halogenated alkanes) is 1. The maximum Gasteiger partial charge on any atom is 0.271 e. The van der Waals surface area contributed by atoms with Gasteiger partial charge in [-0.3, -0.25) is 14.5 Å². The molecule has 1 aromatic carbocycles. The average molecular weight is 423 g/mol. The van der Waals surface area contributed by atoms with Crippen LogP contribution in [0, 0.1) is 11.3 Å². The number of ether oxygens (including phenoxy) is 2. The van der Waals surface area contributed by atoms with Crippen molar-refractivity contribution in [3.05, 3.63) is 40.5 Å². The first-order valence-corrected chi connectivity index (χ1v) is 11.0. The van der Waals surface area contributed by atoms with E-state index >= 15 is 0 Å². The van der Waals surface area contributed by atoms with Gasteiger partial charge in [0.25, 0.3) is 11.8 Å². The van der Waals surface area contributed by atoms with Gasteiger partial charge in [0.05, 0.1) is 13.7 Å². The van der Waals surface area contributed by atoms with Gasteiger partial charge in [-0.05, 0) is 55.5 Å². The van der Waals surface area contributed by atoms with Crippen molar-refractivity contribution in [2.45, 2.75) is 64.8 Å². The monoisotopic (exact) mass is 422 g/mol. The number of carbonyl (C=O) groups excluding carboxylic acids is 2. The second-order valence-corrected chi connectivity index (χ2v) is 8.05. The SMILES string of the molecule is CCCCOc1ccc(/C=C2/C(=O)N(C3CCCCC3)C(=O)C(C#N)=C2C)cc1OC. The molecule has 2 aliphatic rings. The van der Waals surface area contributed by atoms with Crippen LogP contribution < -0.4 is 9.47 Å². The summed E-state index contributed by atoms with van der Waals surface area (Å²) in [5.41, 5.74) is 1.59. The largest absolute Gasteiger partial charge is 0.493 e. The van der Waals surface area contributed by atoms with Crippen molar-refractivity contribution in [3.8, 4) is 17.6 Å². The minimum atomic E-state index is -0.466. The molecule has 0 spiro atoms. The van der Waals surface area contributed by atoms with Crippen molar-refractivity contribution in [2.24, 2.45) is 0 Å². The molecule has 0 unspecified atom stereocenters. The number of imide groups is 1. The van der Waals surface area contributed by atoms with Crippen LogP contribution in [0.2, 0.25) is 0 Å². The molecule has 6 heteroatoms. The van der Waals surface area contributed by atoms with Crippen LogP contribution in [0.3, 0.4) is 0 Å². The molecule has 3 rings (SSSR count). The minimum Gasteiger partial charge on any atom is -0.493 e. The van der Waals surface area contributed by atoms with Crippen molar-refractivity contribution in [2.75, 3.05) is 13.7 Å². The molecule has 1 aromatic rings. The molecule has 31 heavy (non-hydrogen) atoms. The highest BCUT2D eigenvalue weighted by atomic mass is 16.5. The first-order chi connectivity index (χ1) is 15.0. The fourth-order valence-corrected chi connectivity index (χ4v) is 4.16. The Morgan fingerprint density at radius 1 is 1.16 bits per heavy atom. The lowest BCUT2D eigenvalue weighted by Gasteiger charge is -2.36. The second kappa shape index (κ2) is 10.3. The molecule has 1 fully saturated rings. The highest BCUT2D eigenvalue weighted by Crippen LogP contribution is 2.34. The van der Waals surface area contributed by atoms with E-state index in [0.29, 0.717) is 29.3 Å². The molecule has 2 amide bonds. The topological polar surface area (TPSA) is 79.6 Å². The third-order valence-corrected chi connectivity index (χ3v) is 5.97. The summed E-state index contributed by atoms with van der Waals surface area (Å²) < 4.78 is 11.2. The zero-order valence-electron chi connectivity index (χ0n) is 18.6. The Labute approximate surface area is 184 Å². The summed E-state index contributed by atoms with van der Waals surface area (Å²) in [5.74, 6) is 0.440. The molecule has 1 aliphatic carbocycles. The summed E-state index contributed by atoms with van der Waals surface area (Å²) >= 11 is 0. The molecular formula is C25H30N2O4. The molecule has 0 bridgehead atoms. The smallest absolute Gasteiger partial charge is 0.271 e. The molecule has 1 aliphatic heterocycles. The Bertz CT molecular complexity index is 949. The van der Waals surface area contributed by atoms with E-state index in [1.165, 1.54) is 4.90 Å². The lowest BCUT2D eigenvalue weighted by Crippen LogP contribution is -2.49. The Morgan fingerprint density at radius 2 is 1.90 bits per heavy atom. The fraction of sp³-hybridized carbons (Fsp3) is 0.480. The van der Waals surface area contributed by atoms with Gasteiger partial charge in [0.2, 0.25) is 0 Å². The predicted octanol–water partition coefficient (Wildman–Crippen LogP) is 4.80. The van der Waals surface area contributed by atoms with Gasteiger partial charge in [-0.1, -0.05) is 38.7 Å². The zero-order valence-corrected chi connectivity index (χ0v) is 18.6. The molecule has 164 valence electrons. The van der Waals surface area contributed by atoms with E-state index in [-0.39, 0.29) is 17.5 Å². The first kappa shape index (κ1) is 22.6. The van der Waals surface area contributed by atoms with Crippen LogP contribution in [0.5, 0.6) is 11.5 Å². The molecule has 1 heterocycles. The first-order valence-electron chi connectivity index (χ1n) is 11.0. The summed E-state index contributed by atoms with van der Waals surface area (Å²) in [7, 11) is 1.58. The Morgan fingerprint density at radius 3 is 2.55 bits per heavy atom. The highest BCUT2D eigenvalue weighted by Gasteiger charge is 2.39. The number of nitrogens with zero attached hydrogens (tertiary/aromatic N) is 2. The van der Waals surface area contributed by atoms with Gasteiger partial charge in [-0.15, -0.1) is 0 Å². The summed E-state index contributed by atoms with van der Waals surface area (Å²) in [6.07, 6.45) is 8.40. The van der Waals surface area contributed by atoms with Crippen LogP contribution in [0.1, 0.15) is 64.4 Å². The number of hydrogen-bond donors (Lipinski definition) is 0. The van der Waals surface area contributed by atoms with Crippen molar-refractivity contribution >= 4 is 17.9 Å². The third-order valence-electron chi connectivity index (χ3n) is 5.97. The van der Waals surface area contributed by atoms with Crippen molar-refractivity contribution < 1.29 is 19.1 Å². The van der Waals surface area contributed by atoms with Gasteiger partial charge < -0.3 is 9.47 Å². The van der Waals surface area contributed by atoms with E-state index in [2.05, 4.69) is 6.92 Å². The van der Waals surface area contributed by atoms with Gasteiger partial charge in [-0.25, -0.2) is 0 Å². The third kappa shape index (κ3) is 4.82. The summed E-state index contributed by atoms with van der Waals surface area (Å²) in [5, 5.41) is 9.61. The quantitative estimate of drug-likeness (QED) is 0.358. The van der Waals surface area contributed by atoms with E-state index < -0.39 is 5.91 Å². The Kier molecular flexibility index (Phi) is 7.51. The number of rotatable bonds is 7. The number of benzene rings is 1. The van der Waals surface area contributed by atoms with E-state index in [9.17, 15) is 14.9 Å². The fourth-order valence-electron chi connectivity index (χ4n) is 4.16. The van der Waals surface area contributed by atoms with E-state index in [1.807, 2.05) is 24.3 Å². The van der Waals surface area contributed by atoms with Gasteiger partial charge >= 0.3 is 0 Å². The van der Waals surface area contributed by atoms with Crippen molar-refractivity contribution in [1.82, 2.24) is 4.90 Å². The van der Waals surface area contributed by atoms with Gasteiger partial charge in [-0.2, -0.15) is 5.26 Å². The van der Waals surface area contributed by atoms with Crippen molar-refractivity contribution in [3.63, 3.8) is 0 Å². The maximum atomic E-state index is 13.3. The second-order valence-electron chi connectivity index (χ2n) is 8.05. The van der Waals surface area contributed by atoms with Crippen LogP contribution in [0.25, 0.3) is 6.08 Å². The molecule has 0 aromatic heterocycles. The molecular weight excluding hydrogens is 392 g/mol. The molecule has 0 N–H and O–H groups in total. The normalized spacial score (nSPS) is 19.0. The molecule has 1 saturated carbocycles. The number of hydrogen-bond acceptors (Lipinski definition) is 5. The van der Waals surface area contributed by atoms with Crippen LogP contribution in [-0.2, 0) is 9.59 Å². The number of carbonyl (C=O) groups is 2. The Hall–Kier alpha value is -3.07. The lowest BCUT2D eigenvalue weighted by atomic mass is 9.88. The van der Waals surface area contributed by atoms with Gasteiger partial charge in [0.15, 0.2) is 11.5 Å². The van der Waals surface area contributed by atoms with Crippen LogP contribution in [0.15, 0.2) is 34.9 Å². The molecule has 0 atom stereocenters. The summed E-state index contributed by atoms with van der Waals surface area (Å²) in [4.78, 5) is 27.6. The lowest BCUT2D eigenvalue weighted by molar-refractivity contribution is -0.143. The van der Waals surface area contributed by atoms with Crippen LogP contribution in [-0.4, -0.2) is 36.5 Å². The zero-order chi connectivity index (χ0) is 22.4. The number of methoxy groups -OCH3 is 1. The highest BCUT2D eigenvalue weighted by molar-refractivity contribution is 6.19. The summed E-state index contributed by atoms with van der Waals surface area (Å²) in [6, 6.07) is 7.36. The molecule has 0 radical (unpaired) electrons. The van der Waals surface area contributed by atoms with Gasteiger partial charge in [0, 0.05) is 11.6 Å². The van der Waals surface area contributed by atoms with Crippen LogP contribution in [0.4, 0.5) is 0 Å². The minimum absolute atomic E-state index is 0.0444. The van der Waals surface area contributed by atoms with E-state index in [1.54, 1.807) is 20.1 Å². The number of nitriles is 1. The summed E-state index contributed by atoms with van der Waals surface area (Å²) in [6.45, 7) is 4.37. The van der Waals surface area contributed by atoms with Crippen molar-refractivity contribution in [1.29, 1.82) is 5.26 Å². The Balaban J connectivity index is 1.97. The van der Waals surface area contributed by atoms with E-state index in [4.69, 9.17) is 9.47 Å². The standard InChI is InChI=1S/C25H30N2O4/c1-4-5-13-31-22-12-11-18(15-23(22)30-3)14-20-17(2)21(16-26)25(29)27(24(20)28)19-9-7-6-8-10-19/h11-12,14-15,19H,4-10,13H2,1-3H3/b20-14+. The van der Waals surface area contributed by atoms with Gasteiger partial charge in [0.1, 0.15) is 11.6 Å².